The van der Waals surface area contributed by atoms with Gasteiger partial charge in [0.2, 0.25) is 5.95 Å². The fourth-order valence-electron chi connectivity index (χ4n) is 2.69. The maximum absolute atomic E-state index is 4.70. The van der Waals surface area contributed by atoms with Crippen molar-refractivity contribution in [3.05, 3.63) is 41.7 Å². The summed E-state index contributed by atoms with van der Waals surface area (Å²) in [5.74, 6) is 0.785. The second kappa shape index (κ2) is 5.69. The van der Waals surface area contributed by atoms with Crippen LogP contribution >= 0.6 is 0 Å². The van der Waals surface area contributed by atoms with Crippen LogP contribution in [-0.2, 0) is 6.54 Å². The highest BCUT2D eigenvalue weighted by atomic mass is 15.3. The lowest BCUT2D eigenvalue weighted by atomic mass is 10.2. The molecule has 1 aliphatic rings. The first-order valence-electron chi connectivity index (χ1n) is 7.25. The van der Waals surface area contributed by atoms with Gasteiger partial charge in [-0.3, -0.25) is 0 Å². The van der Waals surface area contributed by atoms with Crippen molar-refractivity contribution in [2.24, 2.45) is 0 Å². The monoisotopic (exact) mass is 283 g/mol. The first-order chi connectivity index (χ1) is 10.2. The van der Waals surface area contributed by atoms with Gasteiger partial charge in [0.1, 0.15) is 0 Å². The predicted octanol–water partition coefficient (Wildman–Crippen LogP) is 2.09. The highest BCUT2D eigenvalue weighted by Crippen LogP contribution is 2.35. The average Bonchev–Trinajstić information content (AvgIpc) is 2.50. The Balaban J connectivity index is 1.98. The summed E-state index contributed by atoms with van der Waals surface area (Å²) in [6.45, 7) is 4.71. The average molecular weight is 283 g/mol. The number of hydrogen-bond donors (Lipinski definition) is 1. The number of fused-ring (bicyclic) bond motifs is 1. The van der Waals surface area contributed by atoms with Crippen LogP contribution in [0.4, 0.5) is 17.3 Å². The molecule has 0 unspecified atom stereocenters. The van der Waals surface area contributed by atoms with Gasteiger partial charge in [-0.2, -0.15) is 0 Å². The molecule has 1 N–H and O–H groups in total. The van der Waals surface area contributed by atoms with Crippen molar-refractivity contribution in [3.63, 3.8) is 0 Å². The Hall–Kier alpha value is -2.14. The largest absolute Gasteiger partial charge is 0.371 e. The Bertz CT molecular complexity index is 640. The summed E-state index contributed by atoms with van der Waals surface area (Å²) in [5, 5.41) is 3.14. The standard InChI is InChI=1S/C16H21N5/c1-12-13(10-17-2)11-18-16(19-12)21-9-8-20(3)14-6-4-5-7-15(14)21/h4-7,11,17H,8-10H2,1-3H3. The van der Waals surface area contributed by atoms with Gasteiger partial charge in [0.25, 0.3) is 0 Å². The van der Waals surface area contributed by atoms with Crippen LogP contribution in [0.1, 0.15) is 11.3 Å². The van der Waals surface area contributed by atoms with E-state index in [1.165, 1.54) is 11.4 Å². The van der Waals surface area contributed by atoms with E-state index in [0.29, 0.717) is 0 Å². The minimum atomic E-state index is 0.785. The van der Waals surface area contributed by atoms with Crippen molar-refractivity contribution < 1.29 is 0 Å². The van der Waals surface area contributed by atoms with Crippen LogP contribution < -0.4 is 15.1 Å². The molecular weight excluding hydrogens is 262 g/mol. The Morgan fingerprint density at radius 1 is 1.19 bits per heavy atom. The number of anilines is 3. The normalized spacial score (nSPS) is 14.2. The summed E-state index contributed by atoms with van der Waals surface area (Å²) in [6, 6.07) is 8.41. The van der Waals surface area contributed by atoms with Crippen LogP contribution in [0.5, 0.6) is 0 Å². The third-order valence-corrected chi connectivity index (χ3v) is 3.92. The molecule has 1 aromatic carbocycles. The number of likely N-dealkylation sites (N-methyl/N-ethyl adjacent to an activating group) is 1. The summed E-state index contributed by atoms with van der Waals surface area (Å²) in [4.78, 5) is 13.7. The highest BCUT2D eigenvalue weighted by molar-refractivity contribution is 5.77. The van der Waals surface area contributed by atoms with Crippen LogP contribution in [-0.4, -0.2) is 37.2 Å². The Morgan fingerprint density at radius 3 is 2.67 bits per heavy atom. The van der Waals surface area contributed by atoms with Crippen molar-refractivity contribution >= 4 is 17.3 Å². The lowest BCUT2D eigenvalue weighted by molar-refractivity contribution is 0.775. The molecule has 0 saturated carbocycles. The molecule has 0 spiro atoms. The molecule has 3 rings (SSSR count). The van der Waals surface area contributed by atoms with Gasteiger partial charge in [-0.15, -0.1) is 0 Å². The number of rotatable bonds is 3. The van der Waals surface area contributed by atoms with E-state index in [1.807, 2.05) is 20.2 Å². The van der Waals surface area contributed by atoms with Crippen LogP contribution in [0, 0.1) is 6.92 Å². The van der Waals surface area contributed by atoms with Gasteiger partial charge in [-0.05, 0) is 26.1 Å². The molecule has 1 aliphatic heterocycles. The van der Waals surface area contributed by atoms with Gasteiger partial charge < -0.3 is 15.1 Å². The Kier molecular flexibility index (Phi) is 3.75. The zero-order valence-electron chi connectivity index (χ0n) is 12.8. The van der Waals surface area contributed by atoms with E-state index in [4.69, 9.17) is 4.98 Å². The van der Waals surface area contributed by atoms with E-state index < -0.39 is 0 Å². The minimum Gasteiger partial charge on any atom is -0.371 e. The summed E-state index contributed by atoms with van der Waals surface area (Å²) in [6.07, 6.45) is 1.93. The third kappa shape index (κ3) is 2.56. The van der Waals surface area contributed by atoms with Gasteiger partial charge in [-0.1, -0.05) is 12.1 Å². The number of hydrogen-bond acceptors (Lipinski definition) is 5. The van der Waals surface area contributed by atoms with Gasteiger partial charge in [0.15, 0.2) is 0 Å². The Morgan fingerprint density at radius 2 is 1.95 bits per heavy atom. The predicted molar refractivity (Wildman–Crippen MR) is 86.3 cm³/mol. The van der Waals surface area contributed by atoms with Gasteiger partial charge in [0.05, 0.1) is 11.4 Å². The second-order valence-corrected chi connectivity index (χ2v) is 5.37. The zero-order valence-corrected chi connectivity index (χ0v) is 12.8. The van der Waals surface area contributed by atoms with Gasteiger partial charge in [0, 0.05) is 44.1 Å². The van der Waals surface area contributed by atoms with E-state index in [1.54, 1.807) is 0 Å². The van der Waals surface area contributed by atoms with Crippen LogP contribution in [0.15, 0.2) is 30.5 Å². The number of para-hydroxylation sites is 2. The fourth-order valence-corrected chi connectivity index (χ4v) is 2.69. The third-order valence-electron chi connectivity index (χ3n) is 3.92. The van der Waals surface area contributed by atoms with Gasteiger partial charge in [-0.25, -0.2) is 9.97 Å². The molecule has 0 bridgehead atoms. The summed E-state index contributed by atoms with van der Waals surface area (Å²) >= 11 is 0. The summed E-state index contributed by atoms with van der Waals surface area (Å²) in [7, 11) is 4.06. The number of aryl methyl sites for hydroxylation is 1. The lowest BCUT2D eigenvalue weighted by Crippen LogP contribution is -2.37. The molecular formula is C16H21N5. The van der Waals surface area contributed by atoms with E-state index >= 15 is 0 Å². The van der Waals surface area contributed by atoms with E-state index in [9.17, 15) is 0 Å². The molecule has 110 valence electrons. The molecule has 5 heteroatoms. The van der Waals surface area contributed by atoms with Gasteiger partial charge >= 0.3 is 0 Å². The molecule has 21 heavy (non-hydrogen) atoms. The summed E-state index contributed by atoms with van der Waals surface area (Å²) < 4.78 is 0. The van der Waals surface area contributed by atoms with Crippen molar-refractivity contribution in [2.45, 2.75) is 13.5 Å². The molecule has 0 aliphatic carbocycles. The maximum Gasteiger partial charge on any atom is 0.230 e. The molecule has 0 radical (unpaired) electrons. The van der Waals surface area contributed by atoms with Crippen molar-refractivity contribution in [2.75, 3.05) is 37.0 Å². The minimum absolute atomic E-state index is 0.785. The maximum atomic E-state index is 4.70. The molecule has 1 aromatic heterocycles. The first-order valence-corrected chi connectivity index (χ1v) is 7.25. The quantitative estimate of drug-likeness (QED) is 0.934. The van der Waals surface area contributed by atoms with Crippen molar-refractivity contribution in [3.8, 4) is 0 Å². The molecule has 0 atom stereocenters. The van der Waals surface area contributed by atoms with E-state index in [0.717, 1.165) is 36.8 Å². The van der Waals surface area contributed by atoms with Crippen molar-refractivity contribution in [1.82, 2.24) is 15.3 Å². The zero-order chi connectivity index (χ0) is 14.8. The van der Waals surface area contributed by atoms with Crippen LogP contribution in [0.25, 0.3) is 0 Å². The first kappa shape index (κ1) is 13.8. The molecule has 0 amide bonds. The van der Waals surface area contributed by atoms with E-state index in [2.05, 4.69) is 51.4 Å². The molecule has 0 saturated heterocycles. The Labute approximate surface area is 125 Å². The SMILES string of the molecule is CNCc1cnc(N2CCN(C)c3ccccc32)nc1C. The van der Waals surface area contributed by atoms with Crippen LogP contribution in [0.2, 0.25) is 0 Å². The highest BCUT2D eigenvalue weighted by Gasteiger charge is 2.22. The number of benzene rings is 1. The molecule has 2 aromatic rings. The summed E-state index contributed by atoms with van der Waals surface area (Å²) in [5.41, 5.74) is 4.57. The number of nitrogens with zero attached hydrogens (tertiary/aromatic N) is 4. The number of aromatic nitrogens is 2. The fraction of sp³-hybridized carbons (Fsp3) is 0.375. The smallest absolute Gasteiger partial charge is 0.230 e. The van der Waals surface area contributed by atoms with E-state index in [-0.39, 0.29) is 0 Å². The lowest BCUT2D eigenvalue weighted by Gasteiger charge is -2.35. The van der Waals surface area contributed by atoms with Crippen LogP contribution in [0.3, 0.4) is 0 Å². The molecule has 5 nitrogen and oxygen atoms in total. The molecule has 0 fully saturated rings. The van der Waals surface area contributed by atoms with Crippen molar-refractivity contribution in [1.29, 1.82) is 0 Å². The molecule has 2 heterocycles. The number of nitrogens with one attached hydrogen (secondary N) is 1. The topological polar surface area (TPSA) is 44.3 Å². The second-order valence-electron chi connectivity index (χ2n) is 5.37.